The number of hydrogen-bond donors (Lipinski definition) is 1. The van der Waals surface area contributed by atoms with Crippen molar-refractivity contribution in [1.82, 2.24) is 0 Å². The maximum absolute atomic E-state index is 14.0. The van der Waals surface area contributed by atoms with Crippen LogP contribution in [-0.4, -0.2) is 41.0 Å². The summed E-state index contributed by atoms with van der Waals surface area (Å²) in [6.07, 6.45) is 9.57. The second-order valence-corrected chi connectivity index (χ2v) is 13.5. The van der Waals surface area contributed by atoms with Crippen LogP contribution in [0.4, 0.5) is 0 Å². The predicted octanol–water partition coefficient (Wildman–Crippen LogP) is 6.78. The van der Waals surface area contributed by atoms with Gasteiger partial charge in [-0.15, -0.1) is 0 Å². The summed E-state index contributed by atoms with van der Waals surface area (Å²) < 4.78 is 42.0. The molecule has 1 aliphatic heterocycles. The van der Waals surface area contributed by atoms with Gasteiger partial charge in [0, 0.05) is 12.8 Å². The first-order valence-corrected chi connectivity index (χ1v) is 16.1. The molecule has 1 fully saturated rings. The maximum atomic E-state index is 14.0. The van der Waals surface area contributed by atoms with Gasteiger partial charge >= 0.3 is 7.60 Å². The summed E-state index contributed by atoms with van der Waals surface area (Å²) in [6.45, 7) is 5.99. The highest BCUT2D eigenvalue weighted by Crippen LogP contribution is 2.68. The smallest absolute Gasteiger partial charge is 0.335 e. The van der Waals surface area contributed by atoms with E-state index in [4.69, 9.17) is 14.0 Å². The van der Waals surface area contributed by atoms with Gasteiger partial charge in [-0.3, -0.25) is 14.2 Å². The van der Waals surface area contributed by atoms with E-state index in [1.807, 2.05) is 6.92 Å². The Hall–Kier alpha value is -0.360. The van der Waals surface area contributed by atoms with Gasteiger partial charge in [0.15, 0.2) is 6.35 Å². The molecule has 194 valence electrons. The number of rotatable bonds is 22. The van der Waals surface area contributed by atoms with E-state index in [2.05, 4.69) is 13.8 Å². The number of hydrogen-bond acceptors (Lipinski definition) is 7. The Morgan fingerprint density at radius 2 is 1.27 bits per heavy atom. The zero-order valence-electron chi connectivity index (χ0n) is 20.7. The van der Waals surface area contributed by atoms with Gasteiger partial charge in [0.05, 0.1) is 6.61 Å². The molecule has 1 rings (SSSR count). The van der Waals surface area contributed by atoms with Crippen molar-refractivity contribution in [1.29, 1.82) is 0 Å². The lowest BCUT2D eigenvalue weighted by Gasteiger charge is -2.24. The highest BCUT2D eigenvalue weighted by atomic mass is 31.2. The molecule has 2 atom stereocenters. The Labute approximate surface area is 199 Å². The third kappa shape index (κ3) is 10.0. The first-order chi connectivity index (χ1) is 15.7. The van der Waals surface area contributed by atoms with Crippen LogP contribution in [0.5, 0.6) is 0 Å². The largest absolute Gasteiger partial charge is 0.353 e. The number of ether oxygens (including phenoxy) is 2. The second-order valence-electron chi connectivity index (χ2n) is 8.82. The zero-order valence-corrected chi connectivity index (χ0v) is 22.5. The van der Waals surface area contributed by atoms with Crippen molar-refractivity contribution in [2.75, 3.05) is 19.6 Å². The third-order valence-corrected chi connectivity index (χ3v) is 10.0. The Morgan fingerprint density at radius 1 is 0.818 bits per heavy atom. The molecule has 8 nitrogen and oxygen atoms in total. The predicted molar refractivity (Wildman–Crippen MR) is 130 cm³/mol. The fraction of sp³-hybridized carbons (Fsp3) is 0.913. The van der Waals surface area contributed by atoms with Crippen molar-refractivity contribution < 1.29 is 37.6 Å². The van der Waals surface area contributed by atoms with Crippen molar-refractivity contribution in [2.45, 2.75) is 116 Å². The molecular weight excluding hydrogens is 466 g/mol. The molecule has 1 aliphatic rings. The van der Waals surface area contributed by atoms with E-state index in [9.17, 15) is 23.6 Å². The highest BCUT2D eigenvalue weighted by Gasteiger charge is 2.68. The molecule has 0 aromatic carbocycles. The van der Waals surface area contributed by atoms with Gasteiger partial charge < -0.3 is 23.5 Å². The minimum atomic E-state index is -4.23. The molecule has 0 saturated carbocycles. The van der Waals surface area contributed by atoms with E-state index in [1.54, 1.807) is 0 Å². The quantitative estimate of drug-likeness (QED) is 0.0961. The minimum absolute atomic E-state index is 0.0147. The highest BCUT2D eigenvalue weighted by molar-refractivity contribution is 7.95. The Bertz CT molecular complexity index is 660. The van der Waals surface area contributed by atoms with Crippen molar-refractivity contribution in [3.05, 3.63) is 0 Å². The molecule has 2 unspecified atom stereocenters. The molecule has 0 radical (unpaired) electrons. The van der Waals surface area contributed by atoms with Crippen LogP contribution >= 0.6 is 14.7 Å². The summed E-state index contributed by atoms with van der Waals surface area (Å²) in [7, 11) is -8.35. The van der Waals surface area contributed by atoms with E-state index >= 15 is 0 Å². The average molecular weight is 511 g/mol. The monoisotopic (exact) mass is 510 g/mol. The molecule has 1 heterocycles. The summed E-state index contributed by atoms with van der Waals surface area (Å²) in [5, 5.41) is 0. The van der Waals surface area contributed by atoms with Crippen LogP contribution in [0.25, 0.3) is 0 Å². The number of carbonyl (C=O) groups is 2. The molecule has 0 spiro atoms. The Morgan fingerprint density at radius 3 is 1.70 bits per heavy atom. The van der Waals surface area contributed by atoms with Gasteiger partial charge in [0.2, 0.25) is 11.0 Å². The fourth-order valence-corrected chi connectivity index (χ4v) is 7.20. The van der Waals surface area contributed by atoms with Crippen LogP contribution in [-0.2, 0) is 32.7 Å². The lowest BCUT2D eigenvalue weighted by molar-refractivity contribution is -0.116. The van der Waals surface area contributed by atoms with Crippen LogP contribution in [0.3, 0.4) is 0 Å². The van der Waals surface area contributed by atoms with Gasteiger partial charge in [-0.2, -0.15) is 0 Å². The summed E-state index contributed by atoms with van der Waals surface area (Å²) in [6, 6.07) is 0. The molecule has 0 aliphatic carbocycles. The van der Waals surface area contributed by atoms with Crippen LogP contribution in [0.2, 0.25) is 0 Å². The van der Waals surface area contributed by atoms with Crippen LogP contribution in [0.15, 0.2) is 0 Å². The van der Waals surface area contributed by atoms with E-state index < -0.39 is 37.7 Å². The zero-order chi connectivity index (χ0) is 24.8. The molecule has 1 N–H and O–H groups in total. The first-order valence-electron chi connectivity index (χ1n) is 12.6. The summed E-state index contributed by atoms with van der Waals surface area (Å²) in [4.78, 5) is 36.2. The van der Waals surface area contributed by atoms with Gasteiger partial charge in [-0.05, 0) is 19.3 Å². The maximum Gasteiger partial charge on any atom is 0.353 e. The average Bonchev–Trinajstić information content (AvgIpc) is 3.58. The number of unbranched alkanes of at least 4 members (excludes halogenated alkanes) is 9. The molecule has 33 heavy (non-hydrogen) atoms. The van der Waals surface area contributed by atoms with E-state index in [-0.39, 0.29) is 26.1 Å². The van der Waals surface area contributed by atoms with Crippen molar-refractivity contribution in [3.8, 4) is 0 Å². The molecule has 0 aromatic rings. The van der Waals surface area contributed by atoms with Crippen molar-refractivity contribution >= 4 is 25.8 Å². The molecular formula is C23H44O8P2. The molecule has 0 amide bonds. The minimum Gasteiger partial charge on any atom is -0.335 e. The Balaban J connectivity index is 2.87. The topological polar surface area (TPSA) is 120 Å². The SMILES string of the molecule is CCCCCCCC(=O)P(=O)(C(=O)CCCCCCC)C1(OCP(=O)(O)OCCCC)CO1. The number of epoxide rings is 1. The van der Waals surface area contributed by atoms with Crippen LogP contribution in [0.1, 0.15) is 111 Å². The van der Waals surface area contributed by atoms with Crippen molar-refractivity contribution in [2.24, 2.45) is 0 Å². The molecule has 1 saturated heterocycles. The molecule has 0 aromatic heterocycles. The van der Waals surface area contributed by atoms with Gasteiger partial charge in [-0.1, -0.05) is 78.6 Å². The van der Waals surface area contributed by atoms with Crippen LogP contribution in [0, 0.1) is 0 Å². The lowest BCUT2D eigenvalue weighted by Crippen LogP contribution is -2.27. The number of carbonyl (C=O) groups excluding carboxylic acids is 2. The lowest BCUT2D eigenvalue weighted by atomic mass is 10.1. The van der Waals surface area contributed by atoms with E-state index in [0.717, 1.165) is 57.8 Å². The van der Waals surface area contributed by atoms with E-state index in [1.165, 1.54) is 0 Å². The van der Waals surface area contributed by atoms with Gasteiger partial charge in [0.25, 0.3) is 12.7 Å². The third-order valence-electron chi connectivity index (χ3n) is 5.81. The van der Waals surface area contributed by atoms with Gasteiger partial charge in [0.1, 0.15) is 6.61 Å². The molecule has 0 bridgehead atoms. The first kappa shape index (κ1) is 30.7. The summed E-state index contributed by atoms with van der Waals surface area (Å²) >= 11 is 0. The summed E-state index contributed by atoms with van der Waals surface area (Å²) in [5.41, 5.74) is -3.20. The van der Waals surface area contributed by atoms with E-state index in [0.29, 0.717) is 19.3 Å². The normalized spacial score (nSPS) is 19.9. The Kier molecular flexibility index (Phi) is 14.5. The van der Waals surface area contributed by atoms with Gasteiger partial charge in [-0.25, -0.2) is 0 Å². The van der Waals surface area contributed by atoms with Crippen molar-refractivity contribution in [3.63, 3.8) is 0 Å². The van der Waals surface area contributed by atoms with Crippen LogP contribution < -0.4 is 0 Å². The standard InChI is InChI=1S/C23H44O8P2/c1-4-7-10-12-14-16-21(24)33(28,22(25)17-15-13-11-8-5-2)23(19-29-23)30-20-32(26,27)31-18-9-6-3/h4-20H2,1-3H3,(H,26,27). The molecule has 10 heteroatoms. The second kappa shape index (κ2) is 15.6. The summed E-state index contributed by atoms with van der Waals surface area (Å²) in [5.74, 6) is 0. The fourth-order valence-electron chi connectivity index (χ4n) is 3.58.